The Morgan fingerprint density at radius 1 is 1.58 bits per heavy atom. The van der Waals surface area contributed by atoms with E-state index in [1.807, 2.05) is 0 Å². The molecule has 0 spiro atoms. The first kappa shape index (κ1) is 9.10. The third-order valence-electron chi connectivity index (χ3n) is 1.85. The molecule has 0 aromatic heterocycles. The van der Waals surface area contributed by atoms with E-state index in [0.717, 1.165) is 12.8 Å². The van der Waals surface area contributed by atoms with Gasteiger partial charge in [0.25, 0.3) is 0 Å². The zero-order valence-corrected chi connectivity index (χ0v) is 6.80. The van der Waals surface area contributed by atoms with Crippen molar-refractivity contribution in [2.75, 3.05) is 6.54 Å². The first-order chi connectivity index (χ1) is 5.70. The summed E-state index contributed by atoms with van der Waals surface area (Å²) < 4.78 is 0. The van der Waals surface area contributed by atoms with Gasteiger partial charge in [0.05, 0.1) is 0 Å². The zero-order valence-electron chi connectivity index (χ0n) is 6.80. The van der Waals surface area contributed by atoms with Crippen molar-refractivity contribution in [1.29, 1.82) is 0 Å². The lowest BCUT2D eigenvalue weighted by molar-refractivity contribution is -0.122. The molecule has 1 fully saturated rings. The van der Waals surface area contributed by atoms with Crippen LogP contribution >= 0.6 is 0 Å². The van der Waals surface area contributed by atoms with Gasteiger partial charge in [0, 0.05) is 6.54 Å². The topological polar surface area (TPSA) is 58.2 Å². The van der Waals surface area contributed by atoms with E-state index < -0.39 is 11.8 Å². The molecule has 1 unspecified atom stereocenters. The minimum absolute atomic E-state index is 0.133. The summed E-state index contributed by atoms with van der Waals surface area (Å²) in [5.74, 6) is -0.775. The molecule has 1 saturated heterocycles. The van der Waals surface area contributed by atoms with Crippen LogP contribution in [0.3, 0.4) is 0 Å². The van der Waals surface area contributed by atoms with Crippen molar-refractivity contribution >= 4 is 19.6 Å². The van der Waals surface area contributed by atoms with Gasteiger partial charge in [0.15, 0.2) is 5.81 Å². The monoisotopic (exact) mass is 166 g/mol. The highest BCUT2D eigenvalue weighted by Crippen LogP contribution is 2.04. The Morgan fingerprint density at radius 2 is 2.33 bits per heavy atom. The lowest BCUT2D eigenvalue weighted by Crippen LogP contribution is -2.45. The predicted molar refractivity (Wildman–Crippen MR) is 44.9 cm³/mol. The molecule has 1 aliphatic rings. The molecule has 0 aliphatic carbocycles. The first-order valence-corrected chi connectivity index (χ1v) is 4.04. The summed E-state index contributed by atoms with van der Waals surface area (Å²) >= 11 is 0. The van der Waals surface area contributed by atoms with Gasteiger partial charge in [0.2, 0.25) is 13.8 Å². The smallest absolute Gasteiger partial charge is 0.242 e. The number of hydrogen-bond acceptors (Lipinski definition) is 2. The molecule has 2 radical (unpaired) electrons. The second-order valence-electron chi connectivity index (χ2n) is 2.85. The average molecular weight is 166 g/mol. The minimum Gasteiger partial charge on any atom is -0.354 e. The van der Waals surface area contributed by atoms with Crippen LogP contribution in [-0.2, 0) is 4.79 Å². The van der Waals surface area contributed by atoms with Gasteiger partial charge in [-0.15, -0.1) is 0 Å². The molecule has 0 bridgehead atoms. The normalized spacial score (nSPS) is 24.0. The second kappa shape index (κ2) is 4.14. The molecule has 64 valence electrons. The largest absolute Gasteiger partial charge is 0.354 e. The molecular formula is C7H11BN2O2. The van der Waals surface area contributed by atoms with Crippen LogP contribution in [0, 0.1) is 0 Å². The van der Waals surface area contributed by atoms with Gasteiger partial charge in [-0.3, -0.25) is 9.59 Å². The molecule has 1 rings (SSSR count). The van der Waals surface area contributed by atoms with Crippen LogP contribution in [0.4, 0.5) is 4.79 Å². The predicted octanol–water partition coefficient (Wildman–Crippen LogP) is -0.467. The molecule has 2 N–H and O–H groups in total. The van der Waals surface area contributed by atoms with E-state index in [-0.39, 0.29) is 5.91 Å². The van der Waals surface area contributed by atoms with Crippen molar-refractivity contribution in [3.05, 3.63) is 0 Å². The van der Waals surface area contributed by atoms with Crippen molar-refractivity contribution in [2.45, 2.75) is 25.3 Å². The number of carbonyl (C=O) groups is 2. The molecule has 0 saturated carbocycles. The number of amides is 2. The lowest BCUT2D eigenvalue weighted by Gasteiger charge is -2.13. The summed E-state index contributed by atoms with van der Waals surface area (Å²) in [7, 11) is 4.91. The Kier molecular flexibility index (Phi) is 3.14. The van der Waals surface area contributed by atoms with Gasteiger partial charge in [-0.25, -0.2) is 0 Å². The second-order valence-corrected chi connectivity index (χ2v) is 2.85. The molecule has 1 aliphatic heterocycles. The van der Waals surface area contributed by atoms with E-state index >= 15 is 0 Å². The van der Waals surface area contributed by atoms with Crippen LogP contribution in [-0.4, -0.2) is 32.1 Å². The molecule has 1 heterocycles. The quantitative estimate of drug-likeness (QED) is 0.517. The summed E-state index contributed by atoms with van der Waals surface area (Å²) in [5, 5.41) is 5.09. The van der Waals surface area contributed by atoms with E-state index in [0.29, 0.717) is 13.0 Å². The fourth-order valence-corrected chi connectivity index (χ4v) is 1.25. The maximum atomic E-state index is 11.2. The Bertz CT molecular complexity index is 196. The number of nitrogens with one attached hydrogen (secondary N) is 2. The summed E-state index contributed by atoms with van der Waals surface area (Å²) in [6, 6.07) is -0.440. The summed E-state index contributed by atoms with van der Waals surface area (Å²) in [4.78, 5) is 21.6. The number of rotatable bonds is 1. The third-order valence-corrected chi connectivity index (χ3v) is 1.85. The molecule has 2 amide bonds. The molecule has 12 heavy (non-hydrogen) atoms. The molecule has 1 atom stereocenters. The SMILES string of the molecule is [B]C(=O)NC1CCCCNC1=O. The van der Waals surface area contributed by atoms with E-state index in [9.17, 15) is 9.59 Å². The van der Waals surface area contributed by atoms with E-state index in [1.165, 1.54) is 0 Å². The number of hydrogen-bond donors (Lipinski definition) is 2. The highest BCUT2D eigenvalue weighted by Gasteiger charge is 2.20. The maximum absolute atomic E-state index is 11.2. The lowest BCUT2D eigenvalue weighted by atomic mass is 10.1. The van der Waals surface area contributed by atoms with Crippen LogP contribution in [0.5, 0.6) is 0 Å². The molecular weight excluding hydrogens is 155 g/mol. The standard InChI is InChI=1S/C7H11BN2O2/c8-7(12)10-5-3-1-2-4-9-6(5)11/h5H,1-4H2,(H,9,11)(H,10,12). The van der Waals surface area contributed by atoms with Crippen molar-refractivity contribution < 1.29 is 9.59 Å². The fourth-order valence-electron chi connectivity index (χ4n) is 1.25. The van der Waals surface area contributed by atoms with Gasteiger partial charge in [-0.2, -0.15) is 0 Å². The van der Waals surface area contributed by atoms with Gasteiger partial charge < -0.3 is 10.6 Å². The van der Waals surface area contributed by atoms with Crippen LogP contribution in [0.1, 0.15) is 19.3 Å². The van der Waals surface area contributed by atoms with Gasteiger partial charge in [0.1, 0.15) is 6.04 Å². The number of carbonyl (C=O) groups excluding carboxylic acids is 2. The van der Waals surface area contributed by atoms with Crippen molar-refractivity contribution in [3.63, 3.8) is 0 Å². The van der Waals surface area contributed by atoms with Crippen molar-refractivity contribution in [2.24, 2.45) is 0 Å². The van der Waals surface area contributed by atoms with Gasteiger partial charge >= 0.3 is 0 Å². The van der Waals surface area contributed by atoms with E-state index in [2.05, 4.69) is 10.6 Å². The molecule has 0 aromatic carbocycles. The Hall–Kier alpha value is -0.995. The molecule has 4 nitrogen and oxygen atoms in total. The minimum atomic E-state index is -0.642. The molecule has 0 aromatic rings. The summed E-state index contributed by atoms with van der Waals surface area (Å²) in [5.41, 5.74) is 0. The zero-order chi connectivity index (χ0) is 8.97. The summed E-state index contributed by atoms with van der Waals surface area (Å²) in [6.07, 6.45) is 2.57. The highest BCUT2D eigenvalue weighted by atomic mass is 16.2. The Labute approximate surface area is 72.5 Å². The average Bonchev–Trinajstić information content (AvgIpc) is 2.16. The van der Waals surface area contributed by atoms with Crippen LogP contribution in [0.15, 0.2) is 0 Å². The Morgan fingerprint density at radius 3 is 3.00 bits per heavy atom. The highest BCUT2D eigenvalue weighted by molar-refractivity contribution is 6.57. The van der Waals surface area contributed by atoms with E-state index in [1.54, 1.807) is 0 Å². The maximum Gasteiger partial charge on any atom is 0.242 e. The van der Waals surface area contributed by atoms with Crippen LogP contribution < -0.4 is 10.6 Å². The summed E-state index contributed by atoms with van der Waals surface area (Å²) in [6.45, 7) is 0.690. The first-order valence-electron chi connectivity index (χ1n) is 4.04. The molecule has 5 heteroatoms. The van der Waals surface area contributed by atoms with E-state index in [4.69, 9.17) is 7.85 Å². The third kappa shape index (κ3) is 2.56. The fraction of sp³-hybridized carbons (Fsp3) is 0.714. The van der Waals surface area contributed by atoms with Gasteiger partial charge in [-0.05, 0) is 19.3 Å². The van der Waals surface area contributed by atoms with Crippen LogP contribution in [0.2, 0.25) is 0 Å². The van der Waals surface area contributed by atoms with Crippen molar-refractivity contribution in [1.82, 2.24) is 10.6 Å². The van der Waals surface area contributed by atoms with Crippen molar-refractivity contribution in [3.8, 4) is 0 Å². The van der Waals surface area contributed by atoms with Crippen LogP contribution in [0.25, 0.3) is 0 Å². The van der Waals surface area contributed by atoms with Gasteiger partial charge in [-0.1, -0.05) is 0 Å². The Balaban J connectivity index is 2.47.